The molecule has 76 valence electrons. The van der Waals surface area contributed by atoms with Crippen molar-refractivity contribution in [1.82, 2.24) is 0 Å². The lowest BCUT2D eigenvalue weighted by atomic mass is 9.68. The van der Waals surface area contributed by atoms with Crippen LogP contribution in [-0.2, 0) is 0 Å². The van der Waals surface area contributed by atoms with Crippen LogP contribution in [0.25, 0.3) is 5.57 Å². The SMILES string of the molecule is OB(O)C1C=CC(c2ccccc2)=CC1. The van der Waals surface area contributed by atoms with Crippen LogP contribution < -0.4 is 0 Å². The largest absolute Gasteiger partial charge is 0.459 e. The molecule has 0 amide bonds. The standard InChI is InChI=1S/C12H13BO2/c14-13(15)12-8-6-11(7-9-12)10-4-2-1-3-5-10/h1-8,12,14-15H,9H2. The molecule has 1 atom stereocenters. The molecule has 0 aromatic heterocycles. The molecule has 0 saturated heterocycles. The molecule has 0 saturated carbocycles. The zero-order valence-electron chi connectivity index (χ0n) is 8.38. The maximum atomic E-state index is 9.01. The number of benzene rings is 1. The average molecular weight is 200 g/mol. The van der Waals surface area contributed by atoms with Crippen molar-refractivity contribution < 1.29 is 10.0 Å². The third-order valence-electron chi connectivity index (χ3n) is 2.62. The highest BCUT2D eigenvalue weighted by molar-refractivity contribution is 6.44. The molecule has 15 heavy (non-hydrogen) atoms. The molecule has 2 nitrogen and oxygen atoms in total. The molecule has 2 N–H and O–H groups in total. The van der Waals surface area contributed by atoms with Gasteiger partial charge in [0.15, 0.2) is 0 Å². The fourth-order valence-corrected chi connectivity index (χ4v) is 1.70. The first-order valence-electron chi connectivity index (χ1n) is 5.07. The third kappa shape index (κ3) is 2.38. The molecule has 1 aliphatic carbocycles. The first-order chi connectivity index (χ1) is 7.27. The van der Waals surface area contributed by atoms with E-state index in [2.05, 4.69) is 0 Å². The predicted octanol–water partition coefficient (Wildman–Crippen LogP) is 1.87. The third-order valence-corrected chi connectivity index (χ3v) is 2.62. The molecule has 0 heterocycles. The average Bonchev–Trinajstić information content (AvgIpc) is 2.30. The van der Waals surface area contributed by atoms with Gasteiger partial charge in [-0.2, -0.15) is 0 Å². The molecule has 0 bridgehead atoms. The molecular weight excluding hydrogens is 187 g/mol. The van der Waals surface area contributed by atoms with Crippen molar-refractivity contribution in [2.75, 3.05) is 0 Å². The first-order valence-corrected chi connectivity index (χ1v) is 5.07. The van der Waals surface area contributed by atoms with Gasteiger partial charge in [-0.15, -0.1) is 0 Å². The van der Waals surface area contributed by atoms with Crippen LogP contribution in [0.1, 0.15) is 12.0 Å². The maximum absolute atomic E-state index is 9.01. The Labute approximate surface area is 89.7 Å². The van der Waals surface area contributed by atoms with Crippen LogP contribution in [0.5, 0.6) is 0 Å². The highest BCUT2D eigenvalue weighted by Crippen LogP contribution is 2.27. The summed E-state index contributed by atoms with van der Waals surface area (Å²) in [6, 6.07) is 10.1. The molecule has 2 rings (SSSR count). The maximum Gasteiger partial charge on any atom is 0.459 e. The monoisotopic (exact) mass is 200 g/mol. The van der Waals surface area contributed by atoms with Gasteiger partial charge in [-0.25, -0.2) is 0 Å². The van der Waals surface area contributed by atoms with E-state index in [-0.39, 0.29) is 5.82 Å². The molecule has 1 aromatic rings. The van der Waals surface area contributed by atoms with E-state index >= 15 is 0 Å². The minimum atomic E-state index is -1.25. The second kappa shape index (κ2) is 4.47. The summed E-state index contributed by atoms with van der Waals surface area (Å²) in [5.41, 5.74) is 2.31. The van der Waals surface area contributed by atoms with E-state index < -0.39 is 7.12 Å². The summed E-state index contributed by atoms with van der Waals surface area (Å²) in [7, 11) is -1.25. The molecule has 0 radical (unpaired) electrons. The molecule has 3 heteroatoms. The van der Waals surface area contributed by atoms with Crippen molar-refractivity contribution in [2.45, 2.75) is 12.2 Å². The number of allylic oxidation sites excluding steroid dienone is 4. The van der Waals surface area contributed by atoms with Gasteiger partial charge < -0.3 is 10.0 Å². The van der Waals surface area contributed by atoms with E-state index in [1.54, 1.807) is 0 Å². The van der Waals surface area contributed by atoms with Crippen LogP contribution in [0.4, 0.5) is 0 Å². The number of hydrogen-bond acceptors (Lipinski definition) is 2. The van der Waals surface area contributed by atoms with E-state index in [0.29, 0.717) is 6.42 Å². The lowest BCUT2D eigenvalue weighted by Gasteiger charge is -2.15. The summed E-state index contributed by atoms with van der Waals surface area (Å²) in [4.78, 5) is 0. The fourth-order valence-electron chi connectivity index (χ4n) is 1.70. The Kier molecular flexibility index (Phi) is 3.04. The van der Waals surface area contributed by atoms with Gasteiger partial charge in [-0.3, -0.25) is 0 Å². The second-order valence-electron chi connectivity index (χ2n) is 3.70. The highest BCUT2D eigenvalue weighted by atomic mass is 16.4. The zero-order valence-corrected chi connectivity index (χ0v) is 8.38. The Morgan fingerprint density at radius 1 is 1.13 bits per heavy atom. The first kappa shape index (κ1) is 10.2. The normalized spacial score (nSPS) is 19.9. The molecule has 1 unspecified atom stereocenters. The van der Waals surface area contributed by atoms with Crippen molar-refractivity contribution in [2.24, 2.45) is 0 Å². The Morgan fingerprint density at radius 3 is 2.40 bits per heavy atom. The van der Waals surface area contributed by atoms with Crippen LogP contribution in [-0.4, -0.2) is 17.2 Å². The summed E-state index contributed by atoms with van der Waals surface area (Å²) in [6.07, 6.45) is 6.52. The lowest BCUT2D eigenvalue weighted by Crippen LogP contribution is -2.19. The van der Waals surface area contributed by atoms with Crippen molar-refractivity contribution in [3.8, 4) is 0 Å². The van der Waals surface area contributed by atoms with Gasteiger partial charge in [0.2, 0.25) is 0 Å². The van der Waals surface area contributed by atoms with Crippen LogP contribution >= 0.6 is 0 Å². The summed E-state index contributed by atoms with van der Waals surface area (Å²) < 4.78 is 0. The topological polar surface area (TPSA) is 40.5 Å². The van der Waals surface area contributed by atoms with Crippen molar-refractivity contribution in [1.29, 1.82) is 0 Å². The Morgan fingerprint density at radius 2 is 1.87 bits per heavy atom. The van der Waals surface area contributed by atoms with Gasteiger partial charge in [-0.05, 0) is 17.6 Å². The van der Waals surface area contributed by atoms with Gasteiger partial charge >= 0.3 is 7.12 Å². The van der Waals surface area contributed by atoms with E-state index in [1.807, 2.05) is 48.6 Å². The molecule has 0 aliphatic heterocycles. The van der Waals surface area contributed by atoms with E-state index in [1.165, 1.54) is 5.56 Å². The van der Waals surface area contributed by atoms with Gasteiger partial charge in [0, 0.05) is 5.82 Å². The summed E-state index contributed by atoms with van der Waals surface area (Å²) in [5, 5.41) is 18.0. The summed E-state index contributed by atoms with van der Waals surface area (Å²) in [5.74, 6) is -0.169. The number of rotatable bonds is 2. The molecular formula is C12H13BO2. The van der Waals surface area contributed by atoms with E-state index in [0.717, 1.165) is 5.57 Å². The fraction of sp³-hybridized carbons (Fsp3) is 0.167. The summed E-state index contributed by atoms with van der Waals surface area (Å²) in [6.45, 7) is 0. The minimum Gasteiger partial charge on any atom is -0.427 e. The van der Waals surface area contributed by atoms with Gasteiger partial charge in [0.25, 0.3) is 0 Å². The zero-order chi connectivity index (χ0) is 10.7. The quantitative estimate of drug-likeness (QED) is 0.715. The molecule has 0 spiro atoms. The lowest BCUT2D eigenvalue weighted by molar-refractivity contribution is 0.394. The predicted molar refractivity (Wildman–Crippen MR) is 62.1 cm³/mol. The Balaban J connectivity index is 2.13. The van der Waals surface area contributed by atoms with Gasteiger partial charge in [0.05, 0.1) is 0 Å². The van der Waals surface area contributed by atoms with E-state index in [4.69, 9.17) is 10.0 Å². The molecule has 1 aromatic carbocycles. The second-order valence-corrected chi connectivity index (χ2v) is 3.70. The number of hydrogen-bond donors (Lipinski definition) is 2. The van der Waals surface area contributed by atoms with Crippen LogP contribution in [0.3, 0.4) is 0 Å². The smallest absolute Gasteiger partial charge is 0.427 e. The van der Waals surface area contributed by atoms with Crippen LogP contribution in [0.2, 0.25) is 5.82 Å². The molecule has 1 aliphatic rings. The van der Waals surface area contributed by atoms with Crippen molar-refractivity contribution >= 4 is 12.7 Å². The van der Waals surface area contributed by atoms with E-state index in [9.17, 15) is 0 Å². The van der Waals surface area contributed by atoms with Crippen molar-refractivity contribution in [3.63, 3.8) is 0 Å². The summed E-state index contributed by atoms with van der Waals surface area (Å²) >= 11 is 0. The van der Waals surface area contributed by atoms with Gasteiger partial charge in [0.1, 0.15) is 0 Å². The Bertz CT molecular complexity index is 382. The molecule has 0 fully saturated rings. The highest BCUT2D eigenvalue weighted by Gasteiger charge is 2.21. The van der Waals surface area contributed by atoms with Crippen LogP contribution in [0, 0.1) is 0 Å². The van der Waals surface area contributed by atoms with Crippen LogP contribution in [0.15, 0.2) is 48.6 Å². The van der Waals surface area contributed by atoms with Gasteiger partial charge in [-0.1, -0.05) is 48.6 Å². The Hall–Kier alpha value is -1.32. The van der Waals surface area contributed by atoms with Crippen molar-refractivity contribution in [3.05, 3.63) is 54.1 Å². The minimum absolute atomic E-state index is 0.169.